The monoisotopic (exact) mass is 304 g/mol. The highest BCUT2D eigenvalue weighted by molar-refractivity contribution is 7.09. The van der Waals surface area contributed by atoms with Gasteiger partial charge < -0.3 is 5.11 Å². The number of thiazole rings is 1. The van der Waals surface area contributed by atoms with Crippen LogP contribution < -0.4 is 0 Å². The SMILES string of the molecule is Cc1nc(CCCN(C)C(CCO)c2ccccc2)cs1. The Morgan fingerprint density at radius 3 is 2.67 bits per heavy atom. The standard InChI is InChI=1S/C17H24N2OS/c1-14-18-16(13-21-14)9-6-11-19(2)17(10-12-20)15-7-4-3-5-8-15/h3-5,7-8,13,17,20H,6,9-12H2,1-2H3. The van der Waals surface area contributed by atoms with Gasteiger partial charge in [-0.25, -0.2) is 4.98 Å². The molecule has 1 unspecified atom stereocenters. The zero-order valence-corrected chi connectivity index (χ0v) is 13.6. The molecule has 0 saturated heterocycles. The van der Waals surface area contributed by atoms with Crippen molar-refractivity contribution in [3.8, 4) is 0 Å². The van der Waals surface area contributed by atoms with E-state index >= 15 is 0 Å². The summed E-state index contributed by atoms with van der Waals surface area (Å²) in [4.78, 5) is 6.84. The van der Waals surface area contributed by atoms with Gasteiger partial charge in [0.25, 0.3) is 0 Å². The Morgan fingerprint density at radius 2 is 2.05 bits per heavy atom. The highest BCUT2D eigenvalue weighted by Crippen LogP contribution is 2.23. The minimum Gasteiger partial charge on any atom is -0.396 e. The van der Waals surface area contributed by atoms with Crippen molar-refractivity contribution >= 4 is 11.3 Å². The first-order chi connectivity index (χ1) is 10.2. The van der Waals surface area contributed by atoms with Gasteiger partial charge in [0.1, 0.15) is 0 Å². The molecule has 2 rings (SSSR count). The Labute approximate surface area is 131 Å². The lowest BCUT2D eigenvalue weighted by molar-refractivity contribution is 0.184. The van der Waals surface area contributed by atoms with E-state index in [2.05, 4.69) is 46.6 Å². The van der Waals surface area contributed by atoms with E-state index in [-0.39, 0.29) is 12.6 Å². The number of nitrogens with zero attached hydrogens (tertiary/aromatic N) is 2. The lowest BCUT2D eigenvalue weighted by Gasteiger charge is -2.28. The highest BCUT2D eigenvalue weighted by atomic mass is 32.1. The Hall–Kier alpha value is -1.23. The second-order valence-corrected chi connectivity index (χ2v) is 6.44. The average molecular weight is 304 g/mol. The molecule has 1 aromatic heterocycles. The van der Waals surface area contributed by atoms with Crippen molar-refractivity contribution in [1.29, 1.82) is 0 Å². The maximum absolute atomic E-state index is 9.32. The maximum Gasteiger partial charge on any atom is 0.0897 e. The second-order valence-electron chi connectivity index (χ2n) is 5.38. The average Bonchev–Trinajstić information content (AvgIpc) is 2.91. The van der Waals surface area contributed by atoms with Crippen LogP contribution in [0.15, 0.2) is 35.7 Å². The van der Waals surface area contributed by atoms with Gasteiger partial charge in [-0.2, -0.15) is 0 Å². The van der Waals surface area contributed by atoms with Crippen molar-refractivity contribution in [2.24, 2.45) is 0 Å². The van der Waals surface area contributed by atoms with Gasteiger partial charge >= 0.3 is 0 Å². The van der Waals surface area contributed by atoms with E-state index < -0.39 is 0 Å². The molecular formula is C17H24N2OS. The van der Waals surface area contributed by atoms with Crippen LogP contribution in [-0.4, -0.2) is 35.2 Å². The molecule has 0 bridgehead atoms. The first kappa shape index (κ1) is 16.1. The van der Waals surface area contributed by atoms with Gasteiger partial charge in [-0.15, -0.1) is 11.3 Å². The largest absolute Gasteiger partial charge is 0.396 e. The molecule has 114 valence electrons. The van der Waals surface area contributed by atoms with Gasteiger partial charge in [-0.1, -0.05) is 30.3 Å². The molecule has 1 N–H and O–H groups in total. The molecule has 0 radical (unpaired) electrons. The van der Waals surface area contributed by atoms with E-state index in [1.165, 1.54) is 11.3 Å². The smallest absolute Gasteiger partial charge is 0.0897 e. The Morgan fingerprint density at radius 1 is 1.29 bits per heavy atom. The molecule has 1 heterocycles. The minimum absolute atomic E-state index is 0.217. The predicted molar refractivity (Wildman–Crippen MR) is 88.7 cm³/mol. The van der Waals surface area contributed by atoms with Crippen LogP contribution in [0.4, 0.5) is 0 Å². The summed E-state index contributed by atoms with van der Waals surface area (Å²) < 4.78 is 0. The van der Waals surface area contributed by atoms with Crippen LogP contribution in [-0.2, 0) is 6.42 Å². The third kappa shape index (κ3) is 4.92. The summed E-state index contributed by atoms with van der Waals surface area (Å²) in [5.74, 6) is 0. The molecule has 21 heavy (non-hydrogen) atoms. The zero-order valence-electron chi connectivity index (χ0n) is 12.8. The molecular weight excluding hydrogens is 280 g/mol. The Bertz CT molecular complexity index is 527. The van der Waals surface area contributed by atoms with Gasteiger partial charge in [0.2, 0.25) is 0 Å². The predicted octanol–water partition coefficient (Wildman–Crippen LogP) is 3.44. The van der Waals surface area contributed by atoms with E-state index in [4.69, 9.17) is 0 Å². The molecule has 2 aromatic rings. The number of aromatic nitrogens is 1. The topological polar surface area (TPSA) is 36.4 Å². The summed E-state index contributed by atoms with van der Waals surface area (Å²) >= 11 is 1.72. The van der Waals surface area contributed by atoms with Crippen molar-refractivity contribution in [3.63, 3.8) is 0 Å². The first-order valence-corrected chi connectivity index (χ1v) is 8.35. The Kier molecular flexibility index (Phi) is 6.36. The van der Waals surface area contributed by atoms with Crippen LogP contribution in [0.5, 0.6) is 0 Å². The van der Waals surface area contributed by atoms with Crippen LogP contribution in [0.2, 0.25) is 0 Å². The minimum atomic E-state index is 0.217. The maximum atomic E-state index is 9.32. The summed E-state index contributed by atoms with van der Waals surface area (Å²) in [6.07, 6.45) is 2.89. The molecule has 1 atom stereocenters. The molecule has 3 nitrogen and oxygen atoms in total. The third-order valence-electron chi connectivity index (χ3n) is 3.73. The number of rotatable bonds is 8. The molecule has 0 amide bonds. The van der Waals surface area contributed by atoms with Crippen molar-refractivity contribution in [1.82, 2.24) is 9.88 Å². The van der Waals surface area contributed by atoms with E-state index in [0.717, 1.165) is 30.8 Å². The number of benzene rings is 1. The second kappa shape index (κ2) is 8.27. The molecule has 1 aromatic carbocycles. The zero-order chi connectivity index (χ0) is 15.1. The number of aryl methyl sites for hydroxylation is 2. The molecule has 0 saturated carbocycles. The highest BCUT2D eigenvalue weighted by Gasteiger charge is 2.16. The van der Waals surface area contributed by atoms with E-state index in [1.807, 2.05) is 13.0 Å². The van der Waals surface area contributed by atoms with Gasteiger partial charge in [-0.3, -0.25) is 4.90 Å². The molecule has 0 aliphatic heterocycles. The van der Waals surface area contributed by atoms with E-state index in [9.17, 15) is 5.11 Å². The van der Waals surface area contributed by atoms with Gasteiger partial charge in [0.05, 0.1) is 10.7 Å². The fraction of sp³-hybridized carbons (Fsp3) is 0.471. The van der Waals surface area contributed by atoms with E-state index in [1.54, 1.807) is 11.3 Å². The van der Waals surface area contributed by atoms with Crippen molar-refractivity contribution in [3.05, 3.63) is 52.0 Å². The lowest BCUT2D eigenvalue weighted by atomic mass is 10.0. The first-order valence-electron chi connectivity index (χ1n) is 7.47. The van der Waals surface area contributed by atoms with Crippen molar-refractivity contribution in [2.45, 2.75) is 32.2 Å². The van der Waals surface area contributed by atoms with Crippen LogP contribution in [0.3, 0.4) is 0 Å². The third-order valence-corrected chi connectivity index (χ3v) is 4.55. The summed E-state index contributed by atoms with van der Waals surface area (Å²) in [5, 5.41) is 12.6. The van der Waals surface area contributed by atoms with Crippen LogP contribution in [0.1, 0.15) is 35.1 Å². The summed E-state index contributed by atoms with van der Waals surface area (Å²) in [7, 11) is 2.14. The van der Waals surface area contributed by atoms with Gasteiger partial charge in [-0.05, 0) is 45.3 Å². The summed E-state index contributed by atoms with van der Waals surface area (Å²) in [6, 6.07) is 10.7. The fourth-order valence-electron chi connectivity index (χ4n) is 2.63. The number of hydrogen-bond donors (Lipinski definition) is 1. The molecule has 0 aliphatic rings. The van der Waals surface area contributed by atoms with E-state index in [0.29, 0.717) is 0 Å². The summed E-state index contributed by atoms with van der Waals surface area (Å²) in [6.45, 7) is 3.28. The number of hydrogen-bond acceptors (Lipinski definition) is 4. The van der Waals surface area contributed by atoms with Crippen molar-refractivity contribution < 1.29 is 5.11 Å². The molecule has 4 heteroatoms. The lowest BCUT2D eigenvalue weighted by Crippen LogP contribution is -2.27. The quantitative estimate of drug-likeness (QED) is 0.811. The molecule has 0 spiro atoms. The number of aliphatic hydroxyl groups is 1. The van der Waals surface area contributed by atoms with Gasteiger partial charge in [0.15, 0.2) is 0 Å². The molecule has 0 aliphatic carbocycles. The summed E-state index contributed by atoms with van der Waals surface area (Å²) in [5.41, 5.74) is 2.47. The Balaban J connectivity index is 1.88. The van der Waals surface area contributed by atoms with Crippen LogP contribution in [0, 0.1) is 6.92 Å². The normalized spacial score (nSPS) is 12.8. The van der Waals surface area contributed by atoms with Crippen LogP contribution in [0.25, 0.3) is 0 Å². The van der Waals surface area contributed by atoms with Gasteiger partial charge in [0, 0.05) is 18.0 Å². The number of aliphatic hydroxyl groups excluding tert-OH is 1. The molecule has 0 fully saturated rings. The van der Waals surface area contributed by atoms with Crippen LogP contribution >= 0.6 is 11.3 Å². The fourth-order valence-corrected chi connectivity index (χ4v) is 3.27. The van der Waals surface area contributed by atoms with Crippen molar-refractivity contribution in [2.75, 3.05) is 20.2 Å².